The Morgan fingerprint density at radius 2 is 1.94 bits per heavy atom. The maximum Gasteiger partial charge on any atom is 0.266 e. The molecule has 2 aromatic rings. The van der Waals surface area contributed by atoms with Gasteiger partial charge in [0, 0.05) is 28.0 Å². The number of hydrogen-bond donors (Lipinski definition) is 1. The number of hydrogen-bond acceptors (Lipinski definition) is 3. The van der Waals surface area contributed by atoms with Crippen LogP contribution in [0.3, 0.4) is 0 Å². The van der Waals surface area contributed by atoms with E-state index in [2.05, 4.69) is 63.0 Å². The van der Waals surface area contributed by atoms with Gasteiger partial charge in [0.05, 0.1) is 0 Å². The third-order valence-corrected chi connectivity index (χ3v) is 6.53. The van der Waals surface area contributed by atoms with Gasteiger partial charge in [0.25, 0.3) is 5.91 Å². The summed E-state index contributed by atoms with van der Waals surface area (Å²) in [6.45, 7) is 15.2. The quantitative estimate of drug-likeness (QED) is 0.403. The van der Waals surface area contributed by atoms with Crippen molar-refractivity contribution in [1.29, 1.82) is 5.26 Å². The van der Waals surface area contributed by atoms with Crippen LogP contribution in [-0.4, -0.2) is 17.5 Å². The highest BCUT2D eigenvalue weighted by Gasteiger charge is 2.37. The number of fused-ring (bicyclic) bond motifs is 1. The number of rotatable bonds is 4. The number of carbonyl (C=O) groups excluding carboxylic acids is 1. The Morgan fingerprint density at radius 1 is 1.25 bits per heavy atom. The second-order valence-corrected chi connectivity index (χ2v) is 10.2. The number of anilines is 2. The molecule has 4 nitrogen and oxygen atoms in total. The van der Waals surface area contributed by atoms with E-state index in [0.29, 0.717) is 22.7 Å². The zero-order valence-electron chi connectivity index (χ0n) is 20.0. The summed E-state index contributed by atoms with van der Waals surface area (Å²) in [5.41, 5.74) is 6.07. The van der Waals surface area contributed by atoms with E-state index in [1.807, 2.05) is 19.9 Å². The van der Waals surface area contributed by atoms with Crippen LogP contribution in [0.5, 0.6) is 0 Å². The smallest absolute Gasteiger partial charge is 0.266 e. The molecule has 168 valence electrons. The first-order chi connectivity index (χ1) is 14.9. The van der Waals surface area contributed by atoms with Gasteiger partial charge in [-0.05, 0) is 106 Å². The molecule has 1 aliphatic rings. The molecule has 0 fully saturated rings. The van der Waals surface area contributed by atoms with E-state index in [-0.39, 0.29) is 11.1 Å². The van der Waals surface area contributed by atoms with Crippen molar-refractivity contribution in [3.05, 3.63) is 63.2 Å². The second-order valence-electron chi connectivity index (χ2n) is 9.73. The number of amides is 1. The lowest BCUT2D eigenvalue weighted by atomic mass is 9.78. The van der Waals surface area contributed by atoms with Crippen LogP contribution in [0.4, 0.5) is 11.4 Å². The summed E-state index contributed by atoms with van der Waals surface area (Å²) in [5, 5.41) is 13.1. The summed E-state index contributed by atoms with van der Waals surface area (Å²) in [6.07, 6.45) is 2.74. The molecule has 1 atom stereocenters. The summed E-state index contributed by atoms with van der Waals surface area (Å²) < 4.78 is 0. The minimum Gasteiger partial charge on any atom is -0.364 e. The maximum absolute atomic E-state index is 12.8. The number of nitriles is 1. The lowest BCUT2D eigenvalue weighted by molar-refractivity contribution is -0.112. The van der Waals surface area contributed by atoms with Crippen LogP contribution in [0.1, 0.15) is 69.2 Å². The van der Waals surface area contributed by atoms with Crippen molar-refractivity contribution < 1.29 is 4.79 Å². The Kier molecular flexibility index (Phi) is 6.72. The molecule has 2 aromatic carbocycles. The van der Waals surface area contributed by atoms with Crippen molar-refractivity contribution in [2.45, 2.75) is 72.4 Å². The summed E-state index contributed by atoms with van der Waals surface area (Å²) >= 11 is 6.06. The van der Waals surface area contributed by atoms with Gasteiger partial charge < -0.3 is 10.2 Å². The van der Waals surface area contributed by atoms with Crippen LogP contribution < -0.4 is 10.2 Å². The molecule has 32 heavy (non-hydrogen) atoms. The van der Waals surface area contributed by atoms with E-state index in [1.54, 1.807) is 18.2 Å². The molecule has 5 heteroatoms. The normalized spacial score (nSPS) is 17.7. The van der Waals surface area contributed by atoms with E-state index in [4.69, 9.17) is 11.6 Å². The lowest BCUT2D eigenvalue weighted by Gasteiger charge is -2.50. The van der Waals surface area contributed by atoms with Gasteiger partial charge in [-0.2, -0.15) is 5.26 Å². The van der Waals surface area contributed by atoms with Gasteiger partial charge in [0.1, 0.15) is 11.6 Å². The van der Waals surface area contributed by atoms with Crippen molar-refractivity contribution in [2.75, 3.05) is 10.2 Å². The fourth-order valence-corrected chi connectivity index (χ4v) is 5.14. The van der Waals surface area contributed by atoms with Crippen LogP contribution >= 0.6 is 11.6 Å². The average molecular weight is 450 g/mol. The van der Waals surface area contributed by atoms with Crippen molar-refractivity contribution in [3.8, 4) is 6.07 Å². The van der Waals surface area contributed by atoms with E-state index in [0.717, 1.165) is 23.1 Å². The Labute approximate surface area is 196 Å². The van der Waals surface area contributed by atoms with Crippen LogP contribution in [0.15, 0.2) is 35.9 Å². The maximum atomic E-state index is 12.8. The molecule has 0 aromatic heterocycles. The number of benzene rings is 2. The molecule has 0 radical (unpaired) electrons. The van der Waals surface area contributed by atoms with E-state index in [9.17, 15) is 10.1 Å². The number of aryl methyl sites for hydroxylation is 2. The topological polar surface area (TPSA) is 56.1 Å². The fourth-order valence-electron chi connectivity index (χ4n) is 4.97. The predicted octanol–water partition coefficient (Wildman–Crippen LogP) is 7.00. The highest BCUT2D eigenvalue weighted by atomic mass is 35.5. The zero-order valence-corrected chi connectivity index (χ0v) is 20.8. The summed E-state index contributed by atoms with van der Waals surface area (Å²) in [4.78, 5) is 15.3. The Hall–Kier alpha value is -2.77. The fraction of sp³-hybridized carbons (Fsp3) is 0.407. The molecule has 0 unspecified atom stereocenters. The van der Waals surface area contributed by atoms with Gasteiger partial charge >= 0.3 is 0 Å². The highest BCUT2D eigenvalue weighted by molar-refractivity contribution is 6.31. The first-order valence-electron chi connectivity index (χ1n) is 11.1. The minimum atomic E-state index is -0.437. The van der Waals surface area contributed by atoms with Crippen LogP contribution in [-0.2, 0) is 4.79 Å². The molecular weight excluding hydrogens is 418 g/mol. The monoisotopic (exact) mass is 449 g/mol. The van der Waals surface area contributed by atoms with Gasteiger partial charge in [0.2, 0.25) is 0 Å². The third-order valence-electron chi connectivity index (χ3n) is 6.29. The van der Waals surface area contributed by atoms with Crippen molar-refractivity contribution in [3.63, 3.8) is 0 Å². The van der Waals surface area contributed by atoms with Gasteiger partial charge in [-0.3, -0.25) is 4.79 Å². The standard InChI is InChI=1S/C27H32ClN3O/c1-16(2)31-25-10-18(4)20(12-23(25)19(5)14-27(31,6)7)11-21(15-29)26(32)30-24-13-22(28)9-8-17(24)3/h8-13,16,19H,14H2,1-7H3,(H,30,32)/b21-11-/t19-/m1/s1. The minimum absolute atomic E-state index is 0.0664. The van der Waals surface area contributed by atoms with Gasteiger partial charge in [-0.25, -0.2) is 0 Å². The summed E-state index contributed by atoms with van der Waals surface area (Å²) in [6, 6.07) is 12.1. The summed E-state index contributed by atoms with van der Waals surface area (Å²) in [5.74, 6) is -0.0517. The van der Waals surface area contributed by atoms with Crippen LogP contribution in [0.2, 0.25) is 5.02 Å². The van der Waals surface area contributed by atoms with Crippen molar-refractivity contribution in [1.82, 2.24) is 0 Å². The Balaban J connectivity index is 2.00. The molecule has 0 bridgehead atoms. The van der Waals surface area contributed by atoms with Crippen LogP contribution in [0.25, 0.3) is 6.08 Å². The third kappa shape index (κ3) is 4.69. The van der Waals surface area contributed by atoms with E-state index in [1.165, 1.54) is 11.3 Å². The molecule has 1 N–H and O–H groups in total. The number of nitrogens with one attached hydrogen (secondary N) is 1. The number of halogens is 1. The average Bonchev–Trinajstić information content (AvgIpc) is 2.68. The van der Waals surface area contributed by atoms with Crippen molar-refractivity contribution >= 4 is 35.0 Å². The van der Waals surface area contributed by atoms with Gasteiger partial charge in [-0.1, -0.05) is 24.6 Å². The Bertz CT molecular complexity index is 1120. The highest BCUT2D eigenvalue weighted by Crippen LogP contribution is 2.45. The van der Waals surface area contributed by atoms with Gasteiger partial charge in [-0.15, -0.1) is 0 Å². The largest absolute Gasteiger partial charge is 0.364 e. The number of carbonyl (C=O) groups is 1. The second kappa shape index (κ2) is 9.00. The molecule has 1 heterocycles. The van der Waals surface area contributed by atoms with Crippen molar-refractivity contribution in [2.24, 2.45) is 0 Å². The van der Waals surface area contributed by atoms with E-state index < -0.39 is 5.91 Å². The zero-order chi connectivity index (χ0) is 23.8. The molecule has 0 spiro atoms. The molecule has 0 aliphatic carbocycles. The van der Waals surface area contributed by atoms with E-state index >= 15 is 0 Å². The predicted molar refractivity (Wildman–Crippen MR) is 134 cm³/mol. The molecule has 3 rings (SSSR count). The molecule has 1 aliphatic heterocycles. The first-order valence-corrected chi connectivity index (χ1v) is 11.5. The molecule has 0 saturated carbocycles. The summed E-state index contributed by atoms with van der Waals surface area (Å²) in [7, 11) is 0. The molecule has 1 amide bonds. The lowest BCUT2D eigenvalue weighted by Crippen LogP contribution is -2.51. The molecular formula is C27H32ClN3O. The Morgan fingerprint density at radius 3 is 2.56 bits per heavy atom. The van der Waals surface area contributed by atoms with Crippen LogP contribution in [0, 0.1) is 25.2 Å². The molecule has 0 saturated heterocycles. The first kappa shape index (κ1) is 23.9. The number of nitrogens with zero attached hydrogens (tertiary/aromatic N) is 2. The SMILES string of the molecule is Cc1cc2c(cc1/C=C(/C#N)C(=O)Nc1cc(Cl)ccc1C)[C@H](C)CC(C)(C)N2C(C)C. The van der Waals surface area contributed by atoms with Gasteiger partial charge in [0.15, 0.2) is 0 Å².